The van der Waals surface area contributed by atoms with Gasteiger partial charge < -0.3 is 4.98 Å². The van der Waals surface area contributed by atoms with Crippen LogP contribution in [0.2, 0.25) is 0 Å². The number of hydrogen-bond donors (Lipinski definition) is 1. The maximum absolute atomic E-state index is 3.43. The van der Waals surface area contributed by atoms with Crippen LogP contribution in [0.25, 0.3) is 10.9 Å². The number of para-hydroxylation sites is 1. The van der Waals surface area contributed by atoms with Crippen LogP contribution in [0.1, 0.15) is 36.8 Å². The summed E-state index contributed by atoms with van der Waals surface area (Å²) in [6.45, 7) is 5.80. The van der Waals surface area contributed by atoms with E-state index in [1.54, 1.807) is 0 Å². The van der Waals surface area contributed by atoms with Crippen LogP contribution < -0.4 is 0 Å². The smallest absolute Gasteiger partial charge is 0.0487 e. The maximum Gasteiger partial charge on any atom is 0.0487 e. The third kappa shape index (κ3) is 2.30. The lowest BCUT2D eigenvalue weighted by Gasteiger charge is -2.19. The SMILES string of the molecule is Cc1cccc2c(CN3CCCCCC3)c[nH]c12. The normalized spacial score (nSPS) is 18.1. The lowest BCUT2D eigenvalue weighted by atomic mass is 10.1. The summed E-state index contributed by atoms with van der Waals surface area (Å²) in [6, 6.07) is 6.58. The Kier molecular flexibility index (Phi) is 3.37. The molecule has 0 unspecified atom stereocenters. The number of H-pyrrole nitrogens is 1. The molecule has 1 aliphatic heterocycles. The number of nitrogens with zero attached hydrogens (tertiary/aromatic N) is 1. The van der Waals surface area contributed by atoms with Gasteiger partial charge in [0.1, 0.15) is 0 Å². The number of hydrogen-bond acceptors (Lipinski definition) is 1. The Morgan fingerprint density at radius 2 is 1.89 bits per heavy atom. The molecule has 18 heavy (non-hydrogen) atoms. The van der Waals surface area contributed by atoms with Crippen LogP contribution in [0, 0.1) is 6.92 Å². The summed E-state index contributed by atoms with van der Waals surface area (Å²) in [5.74, 6) is 0. The Labute approximate surface area is 109 Å². The summed E-state index contributed by atoms with van der Waals surface area (Å²) in [5, 5.41) is 1.40. The van der Waals surface area contributed by atoms with E-state index in [1.165, 1.54) is 60.8 Å². The highest BCUT2D eigenvalue weighted by Crippen LogP contribution is 2.23. The second-order valence-electron chi connectivity index (χ2n) is 5.50. The highest BCUT2D eigenvalue weighted by molar-refractivity contribution is 5.85. The standard InChI is InChI=1S/C16H22N2/c1-13-7-6-8-15-14(11-17-16(13)15)12-18-9-4-2-3-5-10-18/h6-8,11,17H,2-5,9-10,12H2,1H3. The molecule has 2 nitrogen and oxygen atoms in total. The fourth-order valence-electron chi connectivity index (χ4n) is 3.03. The van der Waals surface area contributed by atoms with Gasteiger partial charge in [-0.2, -0.15) is 0 Å². The quantitative estimate of drug-likeness (QED) is 0.847. The number of likely N-dealkylation sites (tertiary alicyclic amines) is 1. The summed E-state index contributed by atoms with van der Waals surface area (Å²) in [5.41, 5.74) is 4.10. The summed E-state index contributed by atoms with van der Waals surface area (Å²) in [4.78, 5) is 6.04. The van der Waals surface area contributed by atoms with E-state index in [-0.39, 0.29) is 0 Å². The van der Waals surface area contributed by atoms with Crippen molar-refractivity contribution in [3.63, 3.8) is 0 Å². The van der Waals surface area contributed by atoms with E-state index in [1.807, 2.05) is 0 Å². The van der Waals surface area contributed by atoms with E-state index in [4.69, 9.17) is 0 Å². The second-order valence-corrected chi connectivity index (χ2v) is 5.50. The first-order valence-corrected chi connectivity index (χ1v) is 7.12. The van der Waals surface area contributed by atoms with Gasteiger partial charge in [0.25, 0.3) is 0 Å². The topological polar surface area (TPSA) is 19.0 Å². The first-order chi connectivity index (χ1) is 8.84. The van der Waals surface area contributed by atoms with Gasteiger partial charge in [-0.3, -0.25) is 4.90 Å². The van der Waals surface area contributed by atoms with Crippen LogP contribution in [-0.4, -0.2) is 23.0 Å². The molecule has 2 heterocycles. The first-order valence-electron chi connectivity index (χ1n) is 7.12. The van der Waals surface area contributed by atoms with Crippen LogP contribution >= 0.6 is 0 Å². The van der Waals surface area contributed by atoms with Crippen molar-refractivity contribution in [2.75, 3.05) is 13.1 Å². The van der Waals surface area contributed by atoms with Crippen molar-refractivity contribution >= 4 is 10.9 Å². The highest BCUT2D eigenvalue weighted by atomic mass is 15.1. The fraction of sp³-hybridized carbons (Fsp3) is 0.500. The van der Waals surface area contributed by atoms with Crippen LogP contribution in [0.15, 0.2) is 24.4 Å². The number of nitrogens with one attached hydrogen (secondary N) is 1. The molecule has 0 aliphatic carbocycles. The zero-order valence-corrected chi connectivity index (χ0v) is 11.2. The molecule has 0 atom stereocenters. The van der Waals surface area contributed by atoms with Crippen LogP contribution in [0.3, 0.4) is 0 Å². The van der Waals surface area contributed by atoms with Crippen molar-refractivity contribution in [3.05, 3.63) is 35.5 Å². The number of aryl methyl sites for hydroxylation is 1. The van der Waals surface area contributed by atoms with E-state index in [2.05, 4.69) is 41.2 Å². The van der Waals surface area contributed by atoms with E-state index in [9.17, 15) is 0 Å². The fourth-order valence-corrected chi connectivity index (χ4v) is 3.03. The van der Waals surface area contributed by atoms with E-state index >= 15 is 0 Å². The van der Waals surface area contributed by atoms with Gasteiger partial charge in [-0.1, -0.05) is 31.0 Å². The lowest BCUT2D eigenvalue weighted by Crippen LogP contribution is -2.23. The number of aromatic amines is 1. The highest BCUT2D eigenvalue weighted by Gasteiger charge is 2.12. The van der Waals surface area contributed by atoms with Gasteiger partial charge in [0.15, 0.2) is 0 Å². The second kappa shape index (κ2) is 5.15. The minimum absolute atomic E-state index is 1.10. The molecule has 96 valence electrons. The minimum atomic E-state index is 1.10. The van der Waals surface area contributed by atoms with Crippen molar-refractivity contribution in [1.29, 1.82) is 0 Å². The van der Waals surface area contributed by atoms with Gasteiger partial charge in [-0.15, -0.1) is 0 Å². The molecule has 0 radical (unpaired) electrons. The Hall–Kier alpha value is -1.28. The molecule has 1 saturated heterocycles. The zero-order valence-electron chi connectivity index (χ0n) is 11.2. The van der Waals surface area contributed by atoms with E-state index < -0.39 is 0 Å². The predicted molar refractivity (Wildman–Crippen MR) is 76.8 cm³/mol. The number of fused-ring (bicyclic) bond motifs is 1. The molecular formula is C16H22N2. The molecule has 1 N–H and O–H groups in total. The van der Waals surface area contributed by atoms with Crippen molar-refractivity contribution in [1.82, 2.24) is 9.88 Å². The molecule has 3 rings (SSSR count). The average molecular weight is 242 g/mol. The number of rotatable bonds is 2. The Balaban J connectivity index is 1.83. The zero-order chi connectivity index (χ0) is 12.4. The molecule has 1 aromatic carbocycles. The summed E-state index contributed by atoms with van der Waals surface area (Å²) < 4.78 is 0. The summed E-state index contributed by atoms with van der Waals surface area (Å²) in [6.07, 6.45) is 7.73. The van der Waals surface area contributed by atoms with E-state index in [0.717, 1.165) is 6.54 Å². The van der Waals surface area contributed by atoms with Crippen molar-refractivity contribution in [3.8, 4) is 0 Å². The molecule has 0 spiro atoms. The van der Waals surface area contributed by atoms with Crippen LogP contribution in [-0.2, 0) is 6.54 Å². The predicted octanol–water partition coefficient (Wildman–Crippen LogP) is 3.85. The molecule has 1 fully saturated rings. The molecule has 2 heteroatoms. The molecule has 0 saturated carbocycles. The first kappa shape index (κ1) is 11.8. The van der Waals surface area contributed by atoms with Crippen molar-refractivity contribution < 1.29 is 0 Å². The van der Waals surface area contributed by atoms with E-state index in [0.29, 0.717) is 0 Å². The van der Waals surface area contributed by atoms with Gasteiger partial charge in [0.2, 0.25) is 0 Å². The molecule has 2 aromatic rings. The van der Waals surface area contributed by atoms with Gasteiger partial charge in [-0.05, 0) is 44.0 Å². The minimum Gasteiger partial charge on any atom is -0.361 e. The van der Waals surface area contributed by atoms with Gasteiger partial charge in [0, 0.05) is 23.6 Å². The Bertz CT molecular complexity index is 519. The Morgan fingerprint density at radius 1 is 1.11 bits per heavy atom. The van der Waals surface area contributed by atoms with Crippen LogP contribution in [0.4, 0.5) is 0 Å². The largest absolute Gasteiger partial charge is 0.361 e. The summed E-state index contributed by atoms with van der Waals surface area (Å²) in [7, 11) is 0. The molecular weight excluding hydrogens is 220 g/mol. The average Bonchev–Trinajstić information content (AvgIpc) is 2.61. The number of benzene rings is 1. The molecule has 1 aromatic heterocycles. The van der Waals surface area contributed by atoms with Crippen LogP contribution in [0.5, 0.6) is 0 Å². The van der Waals surface area contributed by atoms with Gasteiger partial charge in [0.05, 0.1) is 0 Å². The molecule has 1 aliphatic rings. The number of aromatic nitrogens is 1. The monoisotopic (exact) mass is 242 g/mol. The maximum atomic E-state index is 3.43. The van der Waals surface area contributed by atoms with Crippen molar-refractivity contribution in [2.45, 2.75) is 39.2 Å². The molecule has 0 amide bonds. The van der Waals surface area contributed by atoms with Crippen molar-refractivity contribution in [2.24, 2.45) is 0 Å². The lowest BCUT2D eigenvalue weighted by molar-refractivity contribution is 0.278. The Morgan fingerprint density at radius 3 is 2.67 bits per heavy atom. The van der Waals surface area contributed by atoms with Gasteiger partial charge in [-0.25, -0.2) is 0 Å². The third-order valence-electron chi connectivity index (χ3n) is 4.10. The molecule has 0 bridgehead atoms. The third-order valence-corrected chi connectivity index (χ3v) is 4.10. The summed E-state index contributed by atoms with van der Waals surface area (Å²) >= 11 is 0. The van der Waals surface area contributed by atoms with Gasteiger partial charge >= 0.3 is 0 Å².